The van der Waals surface area contributed by atoms with Gasteiger partial charge in [-0.25, -0.2) is 4.98 Å². The highest BCUT2D eigenvalue weighted by Crippen LogP contribution is 2.45. The molecule has 1 aliphatic carbocycles. The number of carbonyl (C=O) groups is 1. The molecule has 1 aromatic carbocycles. The lowest BCUT2D eigenvalue weighted by Gasteiger charge is -2.17. The summed E-state index contributed by atoms with van der Waals surface area (Å²) in [5.41, 5.74) is 6.97. The Hall–Kier alpha value is -2.92. The summed E-state index contributed by atoms with van der Waals surface area (Å²) in [6, 6.07) is 8.49. The number of thiazole rings is 1. The maximum atomic E-state index is 12.2. The molecule has 3 aromatic rings. The van der Waals surface area contributed by atoms with Crippen LogP contribution in [0.2, 0.25) is 0 Å². The van der Waals surface area contributed by atoms with Crippen LogP contribution in [0.25, 0.3) is 16.3 Å². The van der Waals surface area contributed by atoms with E-state index in [9.17, 15) is 4.79 Å². The minimum absolute atomic E-state index is 0.0429. The zero-order valence-electron chi connectivity index (χ0n) is 20.8. The normalized spacial score (nSPS) is 14.6. The van der Waals surface area contributed by atoms with Crippen molar-refractivity contribution in [1.29, 1.82) is 0 Å². The highest BCUT2D eigenvalue weighted by atomic mass is 32.1. The number of aromatic nitrogens is 3. The molecule has 0 amide bonds. The van der Waals surface area contributed by atoms with Crippen molar-refractivity contribution in [3.05, 3.63) is 82.3 Å². The molecule has 0 radical (unpaired) electrons. The Kier molecular flexibility index (Phi) is 10.3. The van der Waals surface area contributed by atoms with Gasteiger partial charge in [-0.3, -0.25) is 14.8 Å². The number of Topliss-reactive ketones (excluding diaryl/α,β-unsaturated/α-hetero) is 1. The maximum Gasteiger partial charge on any atom is 0.159 e. The molecule has 1 aliphatic rings. The number of rotatable bonds is 5. The standard InChI is InChI=1S/C22H19N3OS.C4H10.C2H6/c1-13-4-6-16(7-5-13)21-14(2)17(15(3)26)10-18(21)20-12-27-22(25-20)19-11-23-8-9-24-19;1-3-4-2;1-2/h4-12,21H,1-3H3;3-4H2,1-2H3;1-2H3. The third-order valence-corrected chi connectivity index (χ3v) is 6.21. The van der Waals surface area contributed by atoms with E-state index in [1.54, 1.807) is 36.9 Å². The van der Waals surface area contributed by atoms with E-state index >= 15 is 0 Å². The minimum Gasteiger partial charge on any atom is -0.295 e. The van der Waals surface area contributed by atoms with Crippen molar-refractivity contribution in [3.8, 4) is 10.7 Å². The van der Waals surface area contributed by atoms with Gasteiger partial charge < -0.3 is 0 Å². The van der Waals surface area contributed by atoms with Gasteiger partial charge in [-0.15, -0.1) is 11.3 Å². The third-order valence-electron chi connectivity index (χ3n) is 5.34. The fraction of sp³-hybridized carbons (Fsp3) is 0.357. The molecule has 4 nitrogen and oxygen atoms in total. The Balaban J connectivity index is 0.000000582. The molecule has 0 bridgehead atoms. The van der Waals surface area contributed by atoms with Crippen molar-refractivity contribution in [1.82, 2.24) is 15.0 Å². The molecular weight excluding hydrogens is 426 g/mol. The number of unbranched alkanes of at least 4 members (excludes halogenated alkanes) is 1. The van der Waals surface area contributed by atoms with E-state index in [0.29, 0.717) is 0 Å². The second-order valence-electron chi connectivity index (χ2n) is 7.72. The number of ketones is 1. The largest absolute Gasteiger partial charge is 0.295 e. The molecule has 0 saturated heterocycles. The van der Waals surface area contributed by atoms with Crippen molar-refractivity contribution in [2.24, 2.45) is 0 Å². The van der Waals surface area contributed by atoms with Crippen LogP contribution in [0.1, 0.15) is 77.1 Å². The van der Waals surface area contributed by atoms with Gasteiger partial charge in [-0.1, -0.05) is 75.9 Å². The average molecular weight is 462 g/mol. The molecule has 2 aromatic heterocycles. The minimum atomic E-state index is 0.0429. The van der Waals surface area contributed by atoms with Crippen LogP contribution in [-0.2, 0) is 4.79 Å². The number of benzene rings is 1. The zero-order valence-corrected chi connectivity index (χ0v) is 21.7. The van der Waals surface area contributed by atoms with Crippen LogP contribution in [-0.4, -0.2) is 20.7 Å². The van der Waals surface area contributed by atoms with Gasteiger partial charge in [-0.2, -0.15) is 0 Å². The molecule has 1 atom stereocenters. The summed E-state index contributed by atoms with van der Waals surface area (Å²) in [6.07, 6.45) is 9.67. The van der Waals surface area contributed by atoms with Crippen molar-refractivity contribution < 1.29 is 4.79 Å². The highest BCUT2D eigenvalue weighted by Gasteiger charge is 2.30. The maximum absolute atomic E-state index is 12.2. The van der Waals surface area contributed by atoms with E-state index in [0.717, 1.165) is 33.1 Å². The molecule has 0 N–H and O–H groups in total. The van der Waals surface area contributed by atoms with Gasteiger partial charge in [-0.05, 0) is 38.0 Å². The van der Waals surface area contributed by atoms with Crippen LogP contribution in [0, 0.1) is 6.92 Å². The van der Waals surface area contributed by atoms with E-state index < -0.39 is 0 Å². The molecule has 4 rings (SSSR count). The summed E-state index contributed by atoms with van der Waals surface area (Å²) in [6.45, 7) is 14.1. The Morgan fingerprint density at radius 1 is 1.00 bits per heavy atom. The monoisotopic (exact) mass is 461 g/mol. The van der Waals surface area contributed by atoms with E-state index in [-0.39, 0.29) is 11.7 Å². The predicted molar refractivity (Wildman–Crippen MR) is 140 cm³/mol. The second-order valence-corrected chi connectivity index (χ2v) is 8.58. The van der Waals surface area contributed by atoms with E-state index in [1.807, 2.05) is 32.2 Å². The number of hydrogen-bond donors (Lipinski definition) is 0. The van der Waals surface area contributed by atoms with Gasteiger partial charge >= 0.3 is 0 Å². The fourth-order valence-corrected chi connectivity index (χ4v) is 4.25. The number of aryl methyl sites for hydroxylation is 1. The van der Waals surface area contributed by atoms with Gasteiger partial charge in [0.25, 0.3) is 0 Å². The quantitative estimate of drug-likeness (QED) is 0.388. The van der Waals surface area contributed by atoms with Crippen molar-refractivity contribution in [2.75, 3.05) is 0 Å². The second kappa shape index (κ2) is 12.9. The first kappa shape index (κ1) is 26.3. The molecule has 33 heavy (non-hydrogen) atoms. The summed E-state index contributed by atoms with van der Waals surface area (Å²) in [5, 5.41) is 2.86. The Morgan fingerprint density at radius 2 is 1.67 bits per heavy atom. The zero-order chi connectivity index (χ0) is 24.4. The topological polar surface area (TPSA) is 55.7 Å². The summed E-state index contributed by atoms with van der Waals surface area (Å²) in [5.74, 6) is 0.130. The van der Waals surface area contributed by atoms with Crippen LogP contribution >= 0.6 is 11.3 Å². The molecule has 0 saturated carbocycles. The van der Waals surface area contributed by atoms with Crippen LogP contribution in [0.3, 0.4) is 0 Å². The number of allylic oxidation sites excluding steroid dienone is 4. The van der Waals surface area contributed by atoms with Crippen molar-refractivity contribution in [2.45, 2.75) is 67.2 Å². The molecule has 0 aliphatic heterocycles. The van der Waals surface area contributed by atoms with Crippen LogP contribution in [0.15, 0.2) is 65.5 Å². The third kappa shape index (κ3) is 6.55. The van der Waals surface area contributed by atoms with Crippen molar-refractivity contribution >= 4 is 22.7 Å². The molecule has 2 heterocycles. The number of nitrogens with zero attached hydrogens (tertiary/aromatic N) is 3. The Bertz CT molecular complexity index is 1090. The van der Waals surface area contributed by atoms with Crippen LogP contribution in [0.5, 0.6) is 0 Å². The fourth-order valence-electron chi connectivity index (χ4n) is 3.46. The van der Waals surface area contributed by atoms with Gasteiger partial charge in [0.1, 0.15) is 10.7 Å². The summed E-state index contributed by atoms with van der Waals surface area (Å²) < 4.78 is 0. The lowest BCUT2D eigenvalue weighted by atomic mass is 9.87. The molecule has 174 valence electrons. The van der Waals surface area contributed by atoms with Crippen molar-refractivity contribution in [3.63, 3.8) is 0 Å². The van der Waals surface area contributed by atoms with E-state index in [4.69, 9.17) is 4.98 Å². The molecule has 0 spiro atoms. The summed E-state index contributed by atoms with van der Waals surface area (Å²) in [7, 11) is 0. The van der Waals surface area contributed by atoms with E-state index in [2.05, 4.69) is 55.0 Å². The SMILES string of the molecule is CC.CC(=O)C1=C(C)C(c2ccc(C)cc2)C(c2csc(-c3cnccn3)n2)=C1.CCCC. The predicted octanol–water partition coefficient (Wildman–Crippen LogP) is 7.83. The lowest BCUT2D eigenvalue weighted by molar-refractivity contribution is -0.113. The van der Waals surface area contributed by atoms with Gasteiger partial charge in [0.2, 0.25) is 0 Å². The smallest absolute Gasteiger partial charge is 0.159 e. The lowest BCUT2D eigenvalue weighted by Crippen LogP contribution is -2.02. The summed E-state index contributed by atoms with van der Waals surface area (Å²) >= 11 is 1.54. The Morgan fingerprint density at radius 3 is 2.21 bits per heavy atom. The summed E-state index contributed by atoms with van der Waals surface area (Å²) in [4.78, 5) is 25.4. The Labute approximate surface area is 202 Å². The number of carbonyl (C=O) groups excluding carboxylic acids is 1. The first-order chi connectivity index (χ1) is 16.0. The van der Waals surface area contributed by atoms with Gasteiger partial charge in [0.05, 0.1) is 11.9 Å². The first-order valence-corrected chi connectivity index (χ1v) is 12.6. The average Bonchev–Trinajstić information content (AvgIpc) is 3.47. The van der Waals surface area contributed by atoms with Gasteiger partial charge in [0.15, 0.2) is 5.78 Å². The molecule has 0 fully saturated rings. The molecular formula is C28H35N3OS. The molecule has 1 unspecified atom stereocenters. The first-order valence-electron chi connectivity index (χ1n) is 11.7. The van der Waals surface area contributed by atoms with Crippen LogP contribution in [0.4, 0.5) is 0 Å². The van der Waals surface area contributed by atoms with E-state index in [1.165, 1.54) is 24.0 Å². The van der Waals surface area contributed by atoms with Crippen LogP contribution < -0.4 is 0 Å². The van der Waals surface area contributed by atoms with Gasteiger partial charge in [0, 0.05) is 29.3 Å². The number of hydrogen-bond acceptors (Lipinski definition) is 5. The highest BCUT2D eigenvalue weighted by molar-refractivity contribution is 7.13. The molecule has 5 heteroatoms.